The molecule has 0 saturated carbocycles. The number of carbonyl (C=O) groups excluding carboxylic acids is 1. The van der Waals surface area contributed by atoms with E-state index in [-0.39, 0.29) is 17.1 Å². The summed E-state index contributed by atoms with van der Waals surface area (Å²) in [6, 6.07) is 0.977. The number of rotatable bonds is 6. The van der Waals surface area contributed by atoms with E-state index >= 15 is 0 Å². The molecule has 114 valence electrons. The Labute approximate surface area is 119 Å². The average Bonchev–Trinajstić information content (AvgIpc) is 2.45. The number of hydrogen-bond acceptors (Lipinski definition) is 6. The summed E-state index contributed by atoms with van der Waals surface area (Å²) in [6.45, 7) is 1.24. The number of ether oxygens (including phenoxy) is 2. The maximum atomic E-state index is 12.0. The van der Waals surface area contributed by atoms with Crippen LogP contribution in [0.2, 0.25) is 0 Å². The Morgan fingerprint density at radius 3 is 2.24 bits per heavy atom. The third-order valence-electron chi connectivity index (χ3n) is 2.66. The standard InChI is InChI=1S/C12H14N2O7/c1-6(12(16)17)13-11(15)7-4-9(20-2)10(21-3)5-8(7)14(18)19/h4-6H,1-3H3,(H,13,15)(H,16,17)/t6-/m1/s1. The van der Waals surface area contributed by atoms with Gasteiger partial charge in [-0.05, 0) is 6.92 Å². The van der Waals surface area contributed by atoms with Gasteiger partial charge in [0.25, 0.3) is 11.6 Å². The molecule has 9 heteroatoms. The van der Waals surface area contributed by atoms with Crippen LogP contribution in [0.3, 0.4) is 0 Å². The van der Waals surface area contributed by atoms with Crippen molar-refractivity contribution in [2.45, 2.75) is 13.0 Å². The minimum Gasteiger partial charge on any atom is -0.493 e. The summed E-state index contributed by atoms with van der Waals surface area (Å²) in [6.07, 6.45) is 0. The largest absolute Gasteiger partial charge is 0.493 e. The summed E-state index contributed by atoms with van der Waals surface area (Å²) < 4.78 is 9.90. The molecule has 1 amide bonds. The molecular weight excluding hydrogens is 284 g/mol. The van der Waals surface area contributed by atoms with Gasteiger partial charge in [-0.2, -0.15) is 0 Å². The van der Waals surface area contributed by atoms with E-state index in [1.807, 2.05) is 0 Å². The molecule has 1 aromatic carbocycles. The zero-order valence-corrected chi connectivity index (χ0v) is 11.6. The van der Waals surface area contributed by atoms with Crippen molar-refractivity contribution in [1.82, 2.24) is 5.32 Å². The second-order valence-electron chi connectivity index (χ2n) is 4.01. The molecule has 0 fully saturated rings. The summed E-state index contributed by atoms with van der Waals surface area (Å²) in [5.41, 5.74) is -0.825. The molecule has 1 rings (SSSR count). The molecule has 0 bridgehead atoms. The van der Waals surface area contributed by atoms with E-state index in [0.717, 1.165) is 12.1 Å². The summed E-state index contributed by atoms with van der Waals surface area (Å²) in [5.74, 6) is -1.94. The van der Waals surface area contributed by atoms with Crippen LogP contribution in [0.1, 0.15) is 17.3 Å². The lowest BCUT2D eigenvalue weighted by Crippen LogP contribution is -2.38. The van der Waals surface area contributed by atoms with Crippen molar-refractivity contribution < 1.29 is 29.1 Å². The molecule has 21 heavy (non-hydrogen) atoms. The predicted molar refractivity (Wildman–Crippen MR) is 70.8 cm³/mol. The van der Waals surface area contributed by atoms with Gasteiger partial charge in [0.15, 0.2) is 11.5 Å². The molecule has 0 aromatic heterocycles. The van der Waals surface area contributed by atoms with E-state index in [9.17, 15) is 19.7 Å². The molecule has 0 radical (unpaired) electrons. The predicted octanol–water partition coefficient (Wildman–Crippen LogP) is 0.815. The lowest BCUT2D eigenvalue weighted by atomic mass is 10.1. The second kappa shape index (κ2) is 6.55. The monoisotopic (exact) mass is 298 g/mol. The van der Waals surface area contributed by atoms with Crippen molar-refractivity contribution in [3.05, 3.63) is 27.8 Å². The maximum absolute atomic E-state index is 12.0. The normalized spacial score (nSPS) is 11.4. The van der Waals surface area contributed by atoms with Crippen LogP contribution in [0.25, 0.3) is 0 Å². The number of hydrogen-bond donors (Lipinski definition) is 2. The fraction of sp³-hybridized carbons (Fsp3) is 0.333. The van der Waals surface area contributed by atoms with E-state index in [2.05, 4.69) is 5.32 Å². The van der Waals surface area contributed by atoms with Crippen LogP contribution < -0.4 is 14.8 Å². The fourth-order valence-electron chi connectivity index (χ4n) is 1.54. The lowest BCUT2D eigenvalue weighted by Gasteiger charge is -2.12. The molecule has 0 heterocycles. The highest BCUT2D eigenvalue weighted by molar-refractivity contribution is 6.00. The van der Waals surface area contributed by atoms with Crippen molar-refractivity contribution in [3.8, 4) is 11.5 Å². The Balaban J connectivity index is 3.29. The third kappa shape index (κ3) is 3.59. The zero-order valence-electron chi connectivity index (χ0n) is 11.6. The molecule has 0 aliphatic heterocycles. The minimum absolute atomic E-state index is 0.0898. The molecule has 0 saturated heterocycles. The minimum atomic E-state index is -1.26. The summed E-state index contributed by atoms with van der Waals surface area (Å²) in [4.78, 5) is 33.0. The Kier molecular flexibility index (Phi) is 5.06. The SMILES string of the molecule is COc1cc(C(=O)N[C@H](C)C(=O)O)c([N+](=O)[O-])cc1OC. The molecule has 9 nitrogen and oxygen atoms in total. The topological polar surface area (TPSA) is 128 Å². The highest BCUT2D eigenvalue weighted by atomic mass is 16.6. The van der Waals surface area contributed by atoms with E-state index < -0.39 is 28.5 Å². The van der Waals surface area contributed by atoms with Gasteiger partial charge in [0, 0.05) is 6.07 Å². The van der Waals surface area contributed by atoms with Gasteiger partial charge in [0.05, 0.1) is 25.2 Å². The number of nitro benzene ring substituents is 1. The summed E-state index contributed by atoms with van der Waals surface area (Å²) in [5, 5.41) is 21.9. The number of methoxy groups -OCH3 is 2. The van der Waals surface area contributed by atoms with E-state index in [4.69, 9.17) is 14.6 Å². The average molecular weight is 298 g/mol. The number of benzene rings is 1. The highest BCUT2D eigenvalue weighted by Gasteiger charge is 2.26. The Hall–Kier alpha value is -2.84. The Morgan fingerprint density at radius 2 is 1.81 bits per heavy atom. The first kappa shape index (κ1) is 16.2. The lowest BCUT2D eigenvalue weighted by molar-refractivity contribution is -0.385. The number of carboxylic acid groups (broad SMARTS) is 1. The van der Waals surface area contributed by atoms with Gasteiger partial charge in [0.2, 0.25) is 0 Å². The molecular formula is C12H14N2O7. The molecule has 0 aliphatic carbocycles. The second-order valence-corrected chi connectivity index (χ2v) is 4.01. The van der Waals surface area contributed by atoms with Crippen LogP contribution in [0, 0.1) is 10.1 Å². The Bertz CT molecular complexity index is 585. The zero-order chi connectivity index (χ0) is 16.2. The number of nitrogens with zero attached hydrogens (tertiary/aromatic N) is 1. The first-order valence-corrected chi connectivity index (χ1v) is 5.75. The first-order valence-electron chi connectivity index (χ1n) is 5.75. The van der Waals surface area contributed by atoms with Crippen LogP contribution in [0.15, 0.2) is 12.1 Å². The quantitative estimate of drug-likeness (QED) is 0.587. The molecule has 1 aromatic rings. The number of nitro groups is 1. The van der Waals surface area contributed by atoms with Crippen LogP contribution in [-0.4, -0.2) is 42.2 Å². The maximum Gasteiger partial charge on any atom is 0.325 e. The fourth-order valence-corrected chi connectivity index (χ4v) is 1.54. The van der Waals surface area contributed by atoms with E-state index in [0.29, 0.717) is 0 Å². The van der Waals surface area contributed by atoms with E-state index in [1.54, 1.807) is 0 Å². The number of nitrogens with one attached hydrogen (secondary N) is 1. The molecule has 0 unspecified atom stereocenters. The number of carboxylic acids is 1. The molecule has 0 spiro atoms. The number of aliphatic carboxylic acids is 1. The first-order chi connectivity index (χ1) is 9.81. The van der Waals surface area contributed by atoms with Crippen LogP contribution in [0.4, 0.5) is 5.69 Å². The van der Waals surface area contributed by atoms with Gasteiger partial charge >= 0.3 is 5.97 Å². The van der Waals surface area contributed by atoms with Crippen molar-refractivity contribution in [1.29, 1.82) is 0 Å². The van der Waals surface area contributed by atoms with Crippen molar-refractivity contribution in [2.24, 2.45) is 0 Å². The van der Waals surface area contributed by atoms with Gasteiger partial charge in [-0.15, -0.1) is 0 Å². The van der Waals surface area contributed by atoms with Gasteiger partial charge in [-0.25, -0.2) is 0 Å². The van der Waals surface area contributed by atoms with Gasteiger partial charge in [-0.3, -0.25) is 19.7 Å². The van der Waals surface area contributed by atoms with Crippen LogP contribution >= 0.6 is 0 Å². The molecule has 1 atom stereocenters. The number of amides is 1. The van der Waals surface area contributed by atoms with Gasteiger partial charge in [0.1, 0.15) is 11.6 Å². The molecule has 2 N–H and O–H groups in total. The van der Waals surface area contributed by atoms with Crippen molar-refractivity contribution in [2.75, 3.05) is 14.2 Å². The highest BCUT2D eigenvalue weighted by Crippen LogP contribution is 2.34. The van der Waals surface area contributed by atoms with E-state index in [1.165, 1.54) is 21.1 Å². The van der Waals surface area contributed by atoms with Crippen LogP contribution in [-0.2, 0) is 4.79 Å². The van der Waals surface area contributed by atoms with Crippen molar-refractivity contribution in [3.63, 3.8) is 0 Å². The van der Waals surface area contributed by atoms with Crippen molar-refractivity contribution >= 4 is 17.6 Å². The summed E-state index contributed by atoms with van der Waals surface area (Å²) >= 11 is 0. The van der Waals surface area contributed by atoms with Crippen LogP contribution in [0.5, 0.6) is 11.5 Å². The summed E-state index contributed by atoms with van der Waals surface area (Å²) in [7, 11) is 2.61. The Morgan fingerprint density at radius 1 is 1.29 bits per heavy atom. The third-order valence-corrected chi connectivity index (χ3v) is 2.66. The smallest absolute Gasteiger partial charge is 0.325 e. The van der Waals surface area contributed by atoms with Gasteiger partial charge in [-0.1, -0.05) is 0 Å². The van der Waals surface area contributed by atoms with Gasteiger partial charge < -0.3 is 19.9 Å². The number of carbonyl (C=O) groups is 2. The molecule has 0 aliphatic rings.